The molecule has 8 nitrogen and oxygen atoms in total. The van der Waals surface area contributed by atoms with Gasteiger partial charge in [-0.05, 0) is 62.9 Å². The first-order valence-electron chi connectivity index (χ1n) is 13.1. The van der Waals surface area contributed by atoms with Gasteiger partial charge in [0.15, 0.2) is 0 Å². The molecule has 0 aliphatic carbocycles. The van der Waals surface area contributed by atoms with E-state index in [1.807, 2.05) is 54.3 Å². The van der Waals surface area contributed by atoms with Crippen LogP contribution in [-0.2, 0) is 28.8 Å². The molecule has 0 aromatic heterocycles. The number of rotatable bonds is 12. The molecule has 2 aromatic rings. The van der Waals surface area contributed by atoms with Gasteiger partial charge in [0.2, 0.25) is 0 Å². The molecule has 0 amide bonds. The number of hydrogen-bond donors (Lipinski definition) is 1. The monoisotopic (exact) mass is 1210 g/mol. The Kier molecular flexibility index (Phi) is 28.1. The Labute approximate surface area is 326 Å². The summed E-state index contributed by atoms with van der Waals surface area (Å²) >= 11 is 11.7. The van der Waals surface area contributed by atoms with Crippen LogP contribution in [-0.4, -0.2) is 54.9 Å². The van der Waals surface area contributed by atoms with Crippen LogP contribution in [0.4, 0.5) is 0 Å². The van der Waals surface area contributed by atoms with Gasteiger partial charge in [-0.3, -0.25) is 19.2 Å². The van der Waals surface area contributed by atoms with Crippen molar-refractivity contribution in [1.82, 2.24) is 0 Å². The SMILES string of the molecule is CI.COC(=O)[C@H](C)CC(=O)[C@@H](C)c1ccc(OC)cc1.COc1ccc([C@H](C)C(=O)C[C@@H](C)C(=O)O)cc1I.[I][V]([I])[I]. The van der Waals surface area contributed by atoms with Crippen molar-refractivity contribution in [3.63, 3.8) is 0 Å². The van der Waals surface area contributed by atoms with Crippen molar-refractivity contribution in [1.29, 1.82) is 0 Å². The van der Waals surface area contributed by atoms with E-state index in [2.05, 4.69) is 110 Å². The number of carbonyl (C=O) groups is 4. The number of aliphatic carboxylic acids is 1. The van der Waals surface area contributed by atoms with E-state index in [-0.39, 0.29) is 47.1 Å². The number of hydrogen-bond acceptors (Lipinski definition) is 7. The minimum absolute atomic E-state index is 0.0306. The Bertz CT molecular complexity index is 1160. The Morgan fingerprint density at radius 1 is 0.750 bits per heavy atom. The van der Waals surface area contributed by atoms with Gasteiger partial charge in [0.05, 0.1) is 36.7 Å². The van der Waals surface area contributed by atoms with Gasteiger partial charge in [-0.1, -0.05) is 68.5 Å². The molecular formula is C30H40I5O8V. The number of Topliss-reactive ketones (excluding diaryl/α,β-unsaturated/α-hetero) is 2. The molecule has 0 aliphatic rings. The van der Waals surface area contributed by atoms with Gasteiger partial charge >= 0.3 is 76.8 Å². The van der Waals surface area contributed by atoms with Crippen molar-refractivity contribution in [2.45, 2.75) is 52.4 Å². The van der Waals surface area contributed by atoms with Crippen LogP contribution in [0, 0.1) is 15.4 Å². The summed E-state index contributed by atoms with van der Waals surface area (Å²) in [6, 6.07) is 12.9. The predicted molar refractivity (Wildman–Crippen MR) is 215 cm³/mol. The zero-order valence-corrected chi connectivity index (χ0v) is 38.1. The van der Waals surface area contributed by atoms with Gasteiger partial charge in [0, 0.05) is 24.7 Å². The van der Waals surface area contributed by atoms with Crippen LogP contribution in [0.5, 0.6) is 11.5 Å². The molecule has 14 heteroatoms. The third kappa shape index (κ3) is 19.4. The number of carboxylic acids is 1. The Balaban J connectivity index is 0. The summed E-state index contributed by atoms with van der Waals surface area (Å²) in [6.07, 6.45) is 0.249. The molecule has 0 saturated carbocycles. The third-order valence-corrected chi connectivity index (χ3v) is 7.14. The molecule has 4 atom stereocenters. The molecule has 2 rings (SSSR count). The van der Waals surface area contributed by atoms with E-state index in [9.17, 15) is 19.2 Å². The van der Waals surface area contributed by atoms with E-state index in [0.29, 0.717) is 0 Å². The fourth-order valence-corrected chi connectivity index (χ4v) is 4.30. The zero-order chi connectivity index (χ0) is 34.6. The number of halogens is 5. The van der Waals surface area contributed by atoms with Crippen molar-refractivity contribution in [2.75, 3.05) is 26.3 Å². The van der Waals surface area contributed by atoms with Crippen LogP contribution in [0.15, 0.2) is 42.5 Å². The summed E-state index contributed by atoms with van der Waals surface area (Å²) in [5, 5.41) is 8.83. The Morgan fingerprint density at radius 2 is 1.18 bits per heavy atom. The zero-order valence-electron chi connectivity index (χ0n) is 25.9. The minimum atomic E-state index is -0.940. The second kappa shape index (κ2) is 26.5. The van der Waals surface area contributed by atoms with Gasteiger partial charge in [-0.15, -0.1) is 0 Å². The first kappa shape index (κ1) is 46.7. The summed E-state index contributed by atoms with van der Waals surface area (Å²) in [6.45, 7) is 6.89. The van der Waals surface area contributed by atoms with Crippen LogP contribution in [0.3, 0.4) is 0 Å². The molecule has 0 spiro atoms. The van der Waals surface area contributed by atoms with Crippen LogP contribution < -0.4 is 9.47 Å². The van der Waals surface area contributed by atoms with Gasteiger partial charge < -0.3 is 19.3 Å². The average molecular weight is 1210 g/mol. The number of carboxylic acid groups (broad SMARTS) is 1. The number of ketones is 2. The van der Waals surface area contributed by atoms with Crippen molar-refractivity contribution in [3.8, 4) is 11.5 Å². The average Bonchev–Trinajstić information content (AvgIpc) is 3.00. The molecule has 248 valence electrons. The molecule has 0 fully saturated rings. The summed E-state index contributed by atoms with van der Waals surface area (Å²) in [5.74, 6) is -1.39. The van der Waals surface area contributed by atoms with Crippen molar-refractivity contribution in [3.05, 3.63) is 57.2 Å². The molecule has 44 heavy (non-hydrogen) atoms. The van der Waals surface area contributed by atoms with Gasteiger partial charge in [0.1, 0.15) is 23.1 Å². The van der Waals surface area contributed by atoms with Crippen molar-refractivity contribution in [2.24, 2.45) is 11.8 Å². The van der Waals surface area contributed by atoms with E-state index in [0.717, 1.165) is 26.2 Å². The number of benzene rings is 2. The van der Waals surface area contributed by atoms with Crippen LogP contribution in [0.25, 0.3) is 0 Å². The van der Waals surface area contributed by atoms with Crippen LogP contribution >= 0.6 is 105 Å². The molecule has 0 unspecified atom stereocenters. The molecule has 0 heterocycles. The summed E-state index contributed by atoms with van der Waals surface area (Å²) in [4.78, 5) is 47.9. The number of esters is 1. The Morgan fingerprint density at radius 3 is 1.57 bits per heavy atom. The Hall–Kier alpha value is 0.554. The molecule has 0 saturated heterocycles. The van der Waals surface area contributed by atoms with Crippen LogP contribution in [0.1, 0.15) is 63.5 Å². The molecule has 2 aromatic carbocycles. The van der Waals surface area contributed by atoms with E-state index >= 15 is 0 Å². The number of carbonyl (C=O) groups excluding carboxylic acids is 3. The molecule has 0 aliphatic heterocycles. The van der Waals surface area contributed by atoms with E-state index in [1.54, 1.807) is 35.0 Å². The molecule has 0 radical (unpaired) electrons. The fraction of sp³-hybridized carbons (Fsp3) is 0.467. The normalized spacial score (nSPS) is 12.7. The van der Waals surface area contributed by atoms with E-state index < -0.39 is 17.8 Å². The molecule has 0 bridgehead atoms. The maximum atomic E-state index is 12.1. The molecule has 1 N–H and O–H groups in total. The molecular weight excluding hydrogens is 1170 g/mol. The number of methoxy groups -OCH3 is 3. The summed E-state index contributed by atoms with van der Waals surface area (Å²) in [5.41, 5.74) is 1.80. The second-order valence-electron chi connectivity index (χ2n) is 9.31. The third-order valence-electron chi connectivity index (χ3n) is 6.30. The predicted octanol–water partition coefficient (Wildman–Crippen LogP) is 9.36. The van der Waals surface area contributed by atoms with Gasteiger partial charge in [-0.25, -0.2) is 0 Å². The summed E-state index contributed by atoms with van der Waals surface area (Å²) in [7, 11) is 4.53. The fourth-order valence-electron chi connectivity index (χ4n) is 3.55. The van der Waals surface area contributed by atoms with Gasteiger partial charge in [-0.2, -0.15) is 0 Å². The quantitative estimate of drug-likeness (QED) is 0.127. The summed E-state index contributed by atoms with van der Waals surface area (Å²) < 4.78 is 15.8. The maximum absolute atomic E-state index is 12.1. The van der Waals surface area contributed by atoms with Crippen molar-refractivity contribution < 1.29 is 43.4 Å². The van der Waals surface area contributed by atoms with Crippen LogP contribution in [0.2, 0.25) is 0 Å². The number of ether oxygens (including phenoxy) is 3. The topological polar surface area (TPSA) is 116 Å². The number of alkyl halides is 1. The van der Waals surface area contributed by atoms with E-state index in [4.69, 9.17) is 14.6 Å². The standard InChI is InChI=1S/C15H20O4.C14H17IO4.CH3I.3HI.V/c1-10(15(17)19-4)9-14(16)11(2)12-5-7-13(18-3)8-6-12;1-8(14(17)18)6-12(16)9(2)10-4-5-13(19-3)11(15)7-10;1-2;;;;/h5-8,10-11H,9H2,1-4H3;4-5,7-9H,6H2,1-3H3,(H,17,18);1H3;3*1H;/q;;;;;;+3/p-3/t10-,11+;8-,9+;;;;;/m11...../s1. The van der Waals surface area contributed by atoms with Gasteiger partial charge in [0.25, 0.3) is 0 Å². The van der Waals surface area contributed by atoms with Crippen molar-refractivity contribution >= 4 is 129 Å². The van der Waals surface area contributed by atoms with E-state index in [1.165, 1.54) is 7.11 Å². The first-order valence-corrected chi connectivity index (χ1v) is 29.8. The first-order chi connectivity index (χ1) is 20.6. The second-order valence-corrected chi connectivity index (χ2v) is 45.8.